The summed E-state index contributed by atoms with van der Waals surface area (Å²) in [6, 6.07) is 4.04. The fourth-order valence-corrected chi connectivity index (χ4v) is 2.23. The van der Waals surface area contributed by atoms with Crippen LogP contribution in [0.2, 0.25) is 0 Å². The summed E-state index contributed by atoms with van der Waals surface area (Å²) in [4.78, 5) is 16.1. The number of carbonyl (C=O) groups excluding carboxylic acids is 1. The topological polar surface area (TPSA) is 81.2 Å². The Kier molecular flexibility index (Phi) is 4.29. The van der Waals surface area contributed by atoms with E-state index in [1.54, 1.807) is 13.8 Å². The van der Waals surface area contributed by atoms with Gasteiger partial charge in [-0.3, -0.25) is 4.79 Å². The van der Waals surface area contributed by atoms with E-state index in [-0.39, 0.29) is 11.6 Å². The Morgan fingerprint density at radius 1 is 1.55 bits per heavy atom. The lowest BCUT2D eigenvalue weighted by Crippen LogP contribution is -2.22. The van der Waals surface area contributed by atoms with Gasteiger partial charge in [0.2, 0.25) is 5.91 Å². The standard InChI is InChI=1S/C13H14FN3O2S/c1-7-6-19-13(16-7)20-8(2)12(18)17-9-3-4-10(14)11(15)5-9/h3-6,8H,15H2,1-2H3,(H,17,18). The van der Waals surface area contributed by atoms with Crippen molar-refractivity contribution in [2.75, 3.05) is 11.1 Å². The number of amides is 1. The molecule has 0 aliphatic heterocycles. The predicted molar refractivity (Wildman–Crippen MR) is 76.0 cm³/mol. The first kappa shape index (κ1) is 14.4. The van der Waals surface area contributed by atoms with Crippen LogP contribution in [0, 0.1) is 12.7 Å². The first-order valence-electron chi connectivity index (χ1n) is 5.90. The quantitative estimate of drug-likeness (QED) is 0.669. The molecule has 0 saturated carbocycles. The summed E-state index contributed by atoms with van der Waals surface area (Å²) in [5.41, 5.74) is 6.64. The molecule has 3 N–H and O–H groups in total. The average Bonchev–Trinajstić information content (AvgIpc) is 2.79. The van der Waals surface area contributed by atoms with Gasteiger partial charge in [0.1, 0.15) is 12.1 Å². The Morgan fingerprint density at radius 2 is 2.30 bits per heavy atom. The SMILES string of the molecule is Cc1coc(SC(C)C(=O)Nc2ccc(F)c(N)c2)n1. The first-order chi connectivity index (χ1) is 9.45. The number of nitrogens with zero attached hydrogens (tertiary/aromatic N) is 1. The summed E-state index contributed by atoms with van der Waals surface area (Å²) in [7, 11) is 0. The van der Waals surface area contributed by atoms with Gasteiger partial charge in [-0.1, -0.05) is 11.8 Å². The maximum absolute atomic E-state index is 13.0. The number of nitrogens with one attached hydrogen (secondary N) is 1. The van der Waals surface area contributed by atoms with E-state index in [9.17, 15) is 9.18 Å². The van der Waals surface area contributed by atoms with Gasteiger partial charge in [0.05, 0.1) is 16.6 Å². The molecule has 0 bridgehead atoms. The lowest BCUT2D eigenvalue weighted by Gasteiger charge is -2.10. The van der Waals surface area contributed by atoms with Gasteiger partial charge in [-0.25, -0.2) is 9.37 Å². The van der Waals surface area contributed by atoms with Crippen LogP contribution in [0.15, 0.2) is 34.1 Å². The molecule has 1 aromatic carbocycles. The Bertz CT molecular complexity index is 630. The fourth-order valence-electron chi connectivity index (χ4n) is 1.46. The number of hydrogen-bond donors (Lipinski definition) is 2. The van der Waals surface area contributed by atoms with Crippen molar-refractivity contribution in [1.29, 1.82) is 0 Å². The normalized spacial score (nSPS) is 12.2. The van der Waals surface area contributed by atoms with E-state index in [1.807, 2.05) is 0 Å². The monoisotopic (exact) mass is 295 g/mol. The second kappa shape index (κ2) is 5.96. The number of nitrogens with two attached hydrogens (primary N) is 1. The molecule has 1 aromatic heterocycles. The second-order valence-corrected chi connectivity index (χ2v) is 5.53. The number of aryl methyl sites for hydroxylation is 1. The van der Waals surface area contributed by atoms with Gasteiger partial charge in [-0.2, -0.15) is 0 Å². The zero-order valence-electron chi connectivity index (χ0n) is 11.0. The number of hydrogen-bond acceptors (Lipinski definition) is 5. The van der Waals surface area contributed by atoms with Gasteiger partial charge in [0.25, 0.3) is 5.22 Å². The second-order valence-electron chi connectivity index (χ2n) is 4.24. The molecule has 7 heteroatoms. The molecule has 1 unspecified atom stereocenters. The highest BCUT2D eigenvalue weighted by Gasteiger charge is 2.17. The third kappa shape index (κ3) is 3.51. The summed E-state index contributed by atoms with van der Waals surface area (Å²) in [6.45, 7) is 3.53. The molecule has 0 spiro atoms. The number of aromatic nitrogens is 1. The zero-order valence-corrected chi connectivity index (χ0v) is 11.8. The van der Waals surface area contributed by atoms with Crippen LogP contribution in [0.25, 0.3) is 0 Å². The Morgan fingerprint density at radius 3 is 2.90 bits per heavy atom. The minimum absolute atomic E-state index is 0.00793. The number of nitrogen functional groups attached to an aromatic ring is 1. The third-order valence-electron chi connectivity index (χ3n) is 2.51. The molecule has 0 radical (unpaired) electrons. The summed E-state index contributed by atoms with van der Waals surface area (Å²) < 4.78 is 18.2. The van der Waals surface area contributed by atoms with Crippen molar-refractivity contribution < 1.29 is 13.6 Å². The number of anilines is 2. The molecule has 1 atom stereocenters. The van der Waals surface area contributed by atoms with E-state index in [0.717, 1.165) is 5.69 Å². The highest BCUT2D eigenvalue weighted by molar-refractivity contribution is 8.00. The van der Waals surface area contributed by atoms with Gasteiger partial charge < -0.3 is 15.5 Å². The smallest absolute Gasteiger partial charge is 0.256 e. The van der Waals surface area contributed by atoms with Crippen LogP contribution in [0.4, 0.5) is 15.8 Å². The predicted octanol–water partition coefficient (Wildman–Crippen LogP) is 2.82. The lowest BCUT2D eigenvalue weighted by atomic mass is 10.2. The van der Waals surface area contributed by atoms with E-state index in [4.69, 9.17) is 10.2 Å². The number of oxazole rings is 1. The molecule has 0 saturated heterocycles. The number of benzene rings is 1. The highest BCUT2D eigenvalue weighted by atomic mass is 32.2. The van der Waals surface area contributed by atoms with Gasteiger partial charge in [-0.05, 0) is 32.0 Å². The van der Waals surface area contributed by atoms with Crippen molar-refractivity contribution in [2.45, 2.75) is 24.3 Å². The molecule has 2 aromatic rings. The minimum Gasteiger partial charge on any atom is -0.440 e. The largest absolute Gasteiger partial charge is 0.440 e. The molecule has 0 aliphatic carbocycles. The van der Waals surface area contributed by atoms with Gasteiger partial charge in [0.15, 0.2) is 0 Å². The van der Waals surface area contributed by atoms with E-state index in [0.29, 0.717) is 10.9 Å². The van der Waals surface area contributed by atoms with Crippen molar-refractivity contribution >= 4 is 29.0 Å². The van der Waals surface area contributed by atoms with Crippen LogP contribution in [0.5, 0.6) is 0 Å². The van der Waals surface area contributed by atoms with Crippen LogP contribution in [-0.2, 0) is 4.79 Å². The van der Waals surface area contributed by atoms with Crippen LogP contribution < -0.4 is 11.1 Å². The zero-order chi connectivity index (χ0) is 14.7. The van der Waals surface area contributed by atoms with E-state index in [2.05, 4.69) is 10.3 Å². The van der Waals surface area contributed by atoms with Crippen molar-refractivity contribution in [3.63, 3.8) is 0 Å². The van der Waals surface area contributed by atoms with Crippen molar-refractivity contribution in [3.05, 3.63) is 36.0 Å². The third-order valence-corrected chi connectivity index (χ3v) is 3.47. The fraction of sp³-hybridized carbons (Fsp3) is 0.231. The molecular weight excluding hydrogens is 281 g/mol. The summed E-state index contributed by atoms with van der Waals surface area (Å²) >= 11 is 1.20. The molecule has 1 amide bonds. The van der Waals surface area contributed by atoms with Crippen molar-refractivity contribution in [3.8, 4) is 0 Å². The first-order valence-corrected chi connectivity index (χ1v) is 6.78. The van der Waals surface area contributed by atoms with Crippen molar-refractivity contribution in [1.82, 2.24) is 4.98 Å². The number of halogens is 1. The Hall–Kier alpha value is -2.02. The van der Waals surface area contributed by atoms with Gasteiger partial charge in [0, 0.05) is 5.69 Å². The van der Waals surface area contributed by atoms with Crippen molar-refractivity contribution in [2.24, 2.45) is 0 Å². The molecule has 20 heavy (non-hydrogen) atoms. The minimum atomic E-state index is -0.513. The molecule has 1 heterocycles. The molecular formula is C13H14FN3O2S. The van der Waals surface area contributed by atoms with Crippen LogP contribution >= 0.6 is 11.8 Å². The summed E-state index contributed by atoms with van der Waals surface area (Å²) in [6.07, 6.45) is 1.52. The van der Waals surface area contributed by atoms with E-state index >= 15 is 0 Å². The van der Waals surface area contributed by atoms with Gasteiger partial charge >= 0.3 is 0 Å². The number of carbonyl (C=O) groups is 1. The van der Waals surface area contributed by atoms with Crippen LogP contribution in [-0.4, -0.2) is 16.1 Å². The Balaban J connectivity index is 1.98. The molecule has 106 valence electrons. The lowest BCUT2D eigenvalue weighted by molar-refractivity contribution is -0.115. The summed E-state index contributed by atoms with van der Waals surface area (Å²) in [5, 5.41) is 2.69. The maximum Gasteiger partial charge on any atom is 0.256 e. The Labute approximate surface area is 119 Å². The van der Waals surface area contributed by atoms with Gasteiger partial charge in [-0.15, -0.1) is 0 Å². The summed E-state index contributed by atoms with van der Waals surface area (Å²) in [5.74, 6) is -0.752. The average molecular weight is 295 g/mol. The number of thioether (sulfide) groups is 1. The highest BCUT2D eigenvalue weighted by Crippen LogP contribution is 2.24. The van der Waals surface area contributed by atoms with Crippen LogP contribution in [0.3, 0.4) is 0 Å². The molecule has 5 nitrogen and oxygen atoms in total. The maximum atomic E-state index is 13.0. The van der Waals surface area contributed by atoms with E-state index in [1.165, 1.54) is 36.2 Å². The van der Waals surface area contributed by atoms with Crippen LogP contribution in [0.1, 0.15) is 12.6 Å². The molecule has 0 aliphatic rings. The molecule has 0 fully saturated rings. The molecule has 2 rings (SSSR count). The van der Waals surface area contributed by atoms with E-state index < -0.39 is 11.1 Å². The number of rotatable bonds is 4.